The number of anilines is 2. The van der Waals surface area contributed by atoms with Crippen molar-refractivity contribution in [3.8, 4) is 0 Å². The van der Waals surface area contributed by atoms with Crippen LogP contribution in [0.2, 0.25) is 5.02 Å². The molecule has 0 saturated carbocycles. The number of hydrogen-bond donors (Lipinski definition) is 1. The molecule has 0 spiro atoms. The molecule has 0 unspecified atom stereocenters. The molecule has 0 aromatic heterocycles. The van der Waals surface area contributed by atoms with E-state index in [0.29, 0.717) is 16.4 Å². The van der Waals surface area contributed by atoms with Gasteiger partial charge in [-0.15, -0.1) is 0 Å². The second-order valence-corrected chi connectivity index (χ2v) is 8.23. The minimum absolute atomic E-state index is 0.0150. The maximum atomic E-state index is 12.2. The zero-order valence-electron chi connectivity index (χ0n) is 14.4. The summed E-state index contributed by atoms with van der Waals surface area (Å²) in [5.74, 6) is -0.263. The summed E-state index contributed by atoms with van der Waals surface area (Å²) in [4.78, 5) is 12.1. The van der Waals surface area contributed by atoms with E-state index in [1.165, 1.54) is 4.31 Å². The molecule has 2 rings (SSSR count). The first-order valence-electron chi connectivity index (χ1n) is 7.78. The fraction of sp³-hybridized carbons (Fsp3) is 0.278. The van der Waals surface area contributed by atoms with E-state index < -0.39 is 10.0 Å². The van der Waals surface area contributed by atoms with Crippen molar-refractivity contribution in [2.45, 2.75) is 20.3 Å². The molecule has 0 heterocycles. The number of sulfonamides is 1. The van der Waals surface area contributed by atoms with Crippen LogP contribution in [0.25, 0.3) is 0 Å². The quantitative estimate of drug-likeness (QED) is 0.829. The molecule has 1 N–H and O–H groups in total. The Hall–Kier alpha value is -2.05. The molecule has 0 aliphatic carbocycles. The van der Waals surface area contributed by atoms with Crippen LogP contribution in [0.5, 0.6) is 0 Å². The first-order valence-corrected chi connectivity index (χ1v) is 10.0. The maximum Gasteiger partial charge on any atom is 0.232 e. The fourth-order valence-electron chi connectivity index (χ4n) is 2.62. The van der Waals surface area contributed by atoms with E-state index in [1.54, 1.807) is 25.1 Å². The predicted molar refractivity (Wildman–Crippen MR) is 103 cm³/mol. The molecule has 2 aromatic rings. The lowest BCUT2D eigenvalue weighted by Crippen LogP contribution is -2.33. The van der Waals surface area contributed by atoms with Crippen LogP contribution in [-0.2, 0) is 14.8 Å². The van der Waals surface area contributed by atoms with Crippen LogP contribution in [0.1, 0.15) is 17.5 Å². The molecule has 25 heavy (non-hydrogen) atoms. The summed E-state index contributed by atoms with van der Waals surface area (Å²) in [6.45, 7) is 3.71. The van der Waals surface area contributed by atoms with Gasteiger partial charge in [0.2, 0.25) is 15.9 Å². The first kappa shape index (κ1) is 19.3. The predicted octanol–water partition coefficient (Wildman–Crippen LogP) is 3.75. The number of carbonyl (C=O) groups excluding carboxylic acids is 1. The Morgan fingerprint density at radius 1 is 1.16 bits per heavy atom. The molecule has 0 fully saturated rings. The summed E-state index contributed by atoms with van der Waals surface area (Å²) in [6, 6.07) is 12.6. The molecule has 134 valence electrons. The highest BCUT2D eigenvalue weighted by molar-refractivity contribution is 7.92. The van der Waals surface area contributed by atoms with Crippen molar-refractivity contribution in [3.05, 3.63) is 58.6 Å². The van der Waals surface area contributed by atoms with Crippen LogP contribution in [0.4, 0.5) is 11.4 Å². The van der Waals surface area contributed by atoms with E-state index in [1.807, 2.05) is 31.2 Å². The Kier molecular flexibility index (Phi) is 6.08. The number of rotatable bonds is 6. The number of nitrogens with zero attached hydrogens (tertiary/aromatic N) is 1. The Morgan fingerprint density at radius 3 is 2.36 bits per heavy atom. The zero-order chi connectivity index (χ0) is 18.6. The Labute approximate surface area is 153 Å². The number of para-hydroxylation sites is 1. The molecule has 7 heteroatoms. The number of nitrogens with one attached hydrogen (secondary N) is 1. The molecule has 0 bridgehead atoms. The lowest BCUT2D eigenvalue weighted by molar-refractivity contribution is -0.116. The van der Waals surface area contributed by atoms with Gasteiger partial charge in [-0.1, -0.05) is 35.9 Å². The minimum Gasteiger partial charge on any atom is -0.326 e. The second kappa shape index (κ2) is 7.89. The van der Waals surface area contributed by atoms with Gasteiger partial charge in [-0.25, -0.2) is 8.42 Å². The monoisotopic (exact) mass is 380 g/mol. The summed E-state index contributed by atoms with van der Waals surface area (Å²) < 4.78 is 25.6. The van der Waals surface area contributed by atoms with Crippen LogP contribution in [0, 0.1) is 13.8 Å². The normalized spacial score (nSPS) is 11.2. The van der Waals surface area contributed by atoms with Crippen LogP contribution in [0.15, 0.2) is 42.5 Å². The summed E-state index contributed by atoms with van der Waals surface area (Å²) >= 11 is 6.27. The minimum atomic E-state index is -3.58. The fourth-order valence-corrected chi connectivity index (χ4v) is 4.09. The average Bonchev–Trinajstić information content (AvgIpc) is 2.49. The van der Waals surface area contributed by atoms with E-state index >= 15 is 0 Å². The van der Waals surface area contributed by atoms with Crippen molar-refractivity contribution in [3.63, 3.8) is 0 Å². The van der Waals surface area contributed by atoms with Crippen molar-refractivity contribution >= 4 is 38.9 Å². The molecule has 2 aromatic carbocycles. The van der Waals surface area contributed by atoms with E-state index in [9.17, 15) is 13.2 Å². The third-order valence-electron chi connectivity index (χ3n) is 3.65. The SMILES string of the molecule is Cc1cc(C)c(N(CCC(=O)Nc2ccccc2)S(C)(=O)=O)c(Cl)c1. The Bertz CT molecular complexity index is 844. The molecule has 0 atom stereocenters. The van der Waals surface area contributed by atoms with Gasteiger partial charge < -0.3 is 5.32 Å². The van der Waals surface area contributed by atoms with Gasteiger partial charge in [0.05, 0.1) is 17.0 Å². The van der Waals surface area contributed by atoms with Crippen molar-refractivity contribution in [2.75, 3.05) is 22.4 Å². The molecule has 1 amide bonds. The zero-order valence-corrected chi connectivity index (χ0v) is 16.0. The molecule has 0 saturated heterocycles. The van der Waals surface area contributed by atoms with Gasteiger partial charge in [0.25, 0.3) is 0 Å². The number of benzene rings is 2. The summed E-state index contributed by atoms with van der Waals surface area (Å²) in [7, 11) is -3.58. The van der Waals surface area contributed by atoms with Crippen molar-refractivity contribution in [2.24, 2.45) is 0 Å². The largest absolute Gasteiger partial charge is 0.326 e. The molecular formula is C18H21ClN2O3S. The molecule has 0 aliphatic heterocycles. The smallest absolute Gasteiger partial charge is 0.232 e. The molecular weight excluding hydrogens is 360 g/mol. The number of amides is 1. The number of carbonyl (C=O) groups is 1. The average molecular weight is 381 g/mol. The van der Waals surface area contributed by atoms with E-state index in [2.05, 4.69) is 5.32 Å². The number of hydrogen-bond acceptors (Lipinski definition) is 3. The van der Waals surface area contributed by atoms with Crippen molar-refractivity contribution in [1.29, 1.82) is 0 Å². The topological polar surface area (TPSA) is 66.5 Å². The van der Waals surface area contributed by atoms with Crippen LogP contribution in [-0.4, -0.2) is 27.1 Å². The van der Waals surface area contributed by atoms with Gasteiger partial charge in [0.1, 0.15) is 0 Å². The lowest BCUT2D eigenvalue weighted by Gasteiger charge is -2.25. The van der Waals surface area contributed by atoms with E-state index in [-0.39, 0.29) is 18.9 Å². The second-order valence-electron chi connectivity index (χ2n) is 5.91. The third kappa shape index (κ3) is 5.21. The number of halogens is 1. The summed E-state index contributed by atoms with van der Waals surface area (Å²) in [5.41, 5.74) is 2.78. The highest BCUT2D eigenvalue weighted by atomic mass is 35.5. The van der Waals surface area contributed by atoms with Gasteiger partial charge in [0.15, 0.2) is 0 Å². The van der Waals surface area contributed by atoms with Gasteiger partial charge in [0, 0.05) is 18.7 Å². The highest BCUT2D eigenvalue weighted by Gasteiger charge is 2.23. The Morgan fingerprint density at radius 2 is 1.80 bits per heavy atom. The standard InChI is InChI=1S/C18H21ClN2O3S/c1-13-11-14(2)18(16(19)12-13)21(25(3,23)24)10-9-17(22)20-15-7-5-4-6-8-15/h4-8,11-12H,9-10H2,1-3H3,(H,20,22). The van der Waals surface area contributed by atoms with Gasteiger partial charge in [-0.2, -0.15) is 0 Å². The maximum absolute atomic E-state index is 12.2. The first-order chi connectivity index (χ1) is 11.7. The highest BCUT2D eigenvalue weighted by Crippen LogP contribution is 2.32. The molecule has 5 nitrogen and oxygen atoms in total. The van der Waals surface area contributed by atoms with Crippen molar-refractivity contribution < 1.29 is 13.2 Å². The van der Waals surface area contributed by atoms with Crippen LogP contribution in [0.3, 0.4) is 0 Å². The van der Waals surface area contributed by atoms with Crippen LogP contribution < -0.4 is 9.62 Å². The number of aryl methyl sites for hydroxylation is 2. The van der Waals surface area contributed by atoms with Gasteiger partial charge >= 0.3 is 0 Å². The van der Waals surface area contributed by atoms with Gasteiger partial charge in [-0.05, 0) is 43.2 Å². The van der Waals surface area contributed by atoms with E-state index in [4.69, 9.17) is 11.6 Å². The van der Waals surface area contributed by atoms with Crippen molar-refractivity contribution in [1.82, 2.24) is 0 Å². The lowest BCUT2D eigenvalue weighted by atomic mass is 10.1. The molecule has 0 radical (unpaired) electrons. The summed E-state index contributed by atoms with van der Waals surface area (Å²) in [5, 5.41) is 3.10. The molecule has 0 aliphatic rings. The van der Waals surface area contributed by atoms with Crippen LogP contribution >= 0.6 is 11.6 Å². The Balaban J connectivity index is 2.19. The summed E-state index contributed by atoms with van der Waals surface area (Å²) in [6.07, 6.45) is 1.13. The third-order valence-corrected chi connectivity index (χ3v) is 5.10. The van der Waals surface area contributed by atoms with Gasteiger partial charge in [-0.3, -0.25) is 9.10 Å². The van der Waals surface area contributed by atoms with E-state index in [0.717, 1.165) is 17.4 Å².